The maximum Gasteiger partial charge on any atom is 0.387 e. The van der Waals surface area contributed by atoms with E-state index in [4.69, 9.17) is 20.2 Å². The van der Waals surface area contributed by atoms with Crippen molar-refractivity contribution in [3.63, 3.8) is 0 Å². The highest BCUT2D eigenvalue weighted by Crippen LogP contribution is 2.51. The molecule has 5 aliphatic rings. The van der Waals surface area contributed by atoms with E-state index in [9.17, 15) is 23.2 Å². The fourth-order valence-electron chi connectivity index (χ4n) is 7.06. The summed E-state index contributed by atoms with van der Waals surface area (Å²) in [6.07, 6.45) is 0.0966. The molecule has 45 heavy (non-hydrogen) atoms. The quantitative estimate of drug-likeness (QED) is 0.283. The van der Waals surface area contributed by atoms with Crippen LogP contribution in [-0.2, 0) is 4.74 Å². The number of carbonyl (C=O) groups excluding carboxylic acids is 1. The van der Waals surface area contributed by atoms with E-state index in [-0.39, 0.29) is 58.1 Å². The first-order valence-electron chi connectivity index (χ1n) is 14.5. The fraction of sp³-hybridized carbons (Fsp3) is 0.467. The SMILES string of the molecule is Cc1c(C(=O)NC23COC(C#N)(C2)C3)nc2c3c(nc(-c4cc(N)cc(F)c4OC(F)F)c(F)c13)O[C@@H](C)C1CNC(C)CN21. The summed E-state index contributed by atoms with van der Waals surface area (Å²) in [4.78, 5) is 25.0. The molecule has 11 nitrogen and oxygen atoms in total. The number of carbonyl (C=O) groups is 1. The van der Waals surface area contributed by atoms with Crippen molar-refractivity contribution in [2.75, 3.05) is 30.3 Å². The molecule has 1 amide bonds. The number of ether oxygens (including phenoxy) is 3. The molecule has 1 aliphatic carbocycles. The van der Waals surface area contributed by atoms with Crippen LogP contribution in [0, 0.1) is 29.9 Å². The van der Waals surface area contributed by atoms with Crippen molar-refractivity contribution in [3.05, 3.63) is 35.0 Å². The summed E-state index contributed by atoms with van der Waals surface area (Å²) < 4.78 is 74.9. The number of nitrogens with zero attached hydrogens (tertiary/aromatic N) is 4. The van der Waals surface area contributed by atoms with Crippen molar-refractivity contribution in [1.29, 1.82) is 5.26 Å². The molecule has 2 unspecified atom stereocenters. The lowest BCUT2D eigenvalue weighted by molar-refractivity contribution is -0.0517. The first kappa shape index (κ1) is 29.3. The van der Waals surface area contributed by atoms with Gasteiger partial charge in [-0.3, -0.25) is 4.79 Å². The number of nitrogen functional groups attached to an aromatic ring is 1. The number of hydrogen-bond acceptors (Lipinski definition) is 10. The van der Waals surface area contributed by atoms with Crippen molar-refractivity contribution < 1.29 is 36.6 Å². The number of nitrogens with one attached hydrogen (secondary N) is 2. The van der Waals surface area contributed by atoms with Gasteiger partial charge in [0.1, 0.15) is 23.3 Å². The minimum Gasteiger partial charge on any atom is -0.472 e. The second kappa shape index (κ2) is 10.0. The Morgan fingerprint density at radius 1 is 1.27 bits per heavy atom. The number of benzene rings is 1. The van der Waals surface area contributed by atoms with Crippen LogP contribution in [0.5, 0.6) is 11.6 Å². The second-order valence-corrected chi connectivity index (χ2v) is 12.3. The number of pyridine rings is 2. The van der Waals surface area contributed by atoms with Gasteiger partial charge < -0.3 is 35.5 Å². The van der Waals surface area contributed by atoms with E-state index in [1.165, 1.54) is 6.92 Å². The van der Waals surface area contributed by atoms with Crippen LogP contribution in [0.2, 0.25) is 0 Å². The molecule has 236 valence electrons. The summed E-state index contributed by atoms with van der Waals surface area (Å²) in [6.45, 7) is 2.94. The van der Waals surface area contributed by atoms with Crippen LogP contribution in [0.15, 0.2) is 12.1 Å². The third-order valence-electron chi connectivity index (χ3n) is 9.13. The smallest absolute Gasteiger partial charge is 0.387 e. The minimum atomic E-state index is -3.42. The number of fused-ring (bicyclic) bond motifs is 3. The van der Waals surface area contributed by atoms with Crippen LogP contribution in [0.3, 0.4) is 0 Å². The highest BCUT2D eigenvalue weighted by atomic mass is 19.3. The highest BCUT2D eigenvalue weighted by molar-refractivity contribution is 6.07. The summed E-state index contributed by atoms with van der Waals surface area (Å²) in [7, 11) is 0. The van der Waals surface area contributed by atoms with Crippen molar-refractivity contribution in [2.24, 2.45) is 0 Å². The van der Waals surface area contributed by atoms with Gasteiger partial charge in [-0.25, -0.2) is 18.7 Å². The first-order chi connectivity index (χ1) is 21.3. The lowest BCUT2D eigenvalue weighted by Gasteiger charge is -2.41. The second-order valence-electron chi connectivity index (χ2n) is 12.3. The first-order valence-corrected chi connectivity index (χ1v) is 14.5. The molecule has 4 aliphatic heterocycles. The van der Waals surface area contributed by atoms with Crippen LogP contribution in [-0.4, -0.2) is 71.5 Å². The standard InChI is InChI=1S/C30H29F4N7O4/c1-12-7-41-18(6-37-12)14(3)44-27-20-19(21(32)23(39-27)16-4-15(36)5-17(31)24(16)45-28(33)34)13(2)22(38-25(20)41)26(42)40-29-8-30(9-29,10-35)43-11-29/h4-5,12,14,18,28,37H,6-9,11,36H2,1-3H3,(H,40,42)/t12?,14-,18?,29?,30?/m0/s1. The molecule has 0 spiro atoms. The van der Waals surface area contributed by atoms with Gasteiger partial charge in [0.05, 0.1) is 35.2 Å². The van der Waals surface area contributed by atoms with Crippen LogP contribution in [0.4, 0.5) is 29.1 Å². The minimum absolute atomic E-state index is 0.00967. The van der Waals surface area contributed by atoms with E-state index >= 15 is 4.39 Å². The third kappa shape index (κ3) is 4.49. The van der Waals surface area contributed by atoms with Gasteiger partial charge in [-0.05, 0) is 32.4 Å². The lowest BCUT2D eigenvalue weighted by atomic mass is 9.69. The van der Waals surface area contributed by atoms with Gasteiger partial charge in [0.15, 0.2) is 23.0 Å². The number of halogens is 4. The molecule has 15 heteroatoms. The summed E-state index contributed by atoms with van der Waals surface area (Å²) in [5, 5.41) is 15.9. The molecule has 2 bridgehead atoms. The monoisotopic (exact) mass is 627 g/mol. The van der Waals surface area contributed by atoms with Gasteiger partial charge >= 0.3 is 6.61 Å². The number of aromatic nitrogens is 2. The zero-order chi connectivity index (χ0) is 32.0. The highest BCUT2D eigenvalue weighted by Gasteiger charge is 2.64. The molecule has 4 fully saturated rings. The molecule has 8 rings (SSSR count). The maximum absolute atomic E-state index is 16.9. The molecule has 3 atom stereocenters. The molecule has 1 saturated carbocycles. The van der Waals surface area contributed by atoms with Gasteiger partial charge in [-0.1, -0.05) is 0 Å². The van der Waals surface area contributed by atoms with Gasteiger partial charge in [-0.15, -0.1) is 0 Å². The van der Waals surface area contributed by atoms with Crippen molar-refractivity contribution >= 4 is 28.2 Å². The van der Waals surface area contributed by atoms with Gasteiger partial charge in [-0.2, -0.15) is 14.0 Å². The van der Waals surface area contributed by atoms with Crippen molar-refractivity contribution in [1.82, 2.24) is 20.6 Å². The lowest BCUT2D eigenvalue weighted by Crippen LogP contribution is -2.60. The van der Waals surface area contributed by atoms with Crippen LogP contribution in [0.25, 0.3) is 22.0 Å². The van der Waals surface area contributed by atoms with Crippen molar-refractivity contribution in [3.8, 4) is 29.0 Å². The Hall–Kier alpha value is -4.42. The summed E-state index contributed by atoms with van der Waals surface area (Å²) in [5.41, 5.74) is 2.99. The van der Waals surface area contributed by atoms with Crippen LogP contribution >= 0.6 is 0 Å². The number of rotatable bonds is 5. The van der Waals surface area contributed by atoms with Crippen LogP contribution < -0.4 is 30.7 Å². The Balaban J connectivity index is 1.46. The topological polar surface area (TPSA) is 148 Å². The average Bonchev–Trinajstić information content (AvgIpc) is 3.48. The maximum atomic E-state index is 16.9. The third-order valence-corrected chi connectivity index (χ3v) is 9.13. The zero-order valence-electron chi connectivity index (χ0n) is 24.5. The van der Waals surface area contributed by atoms with E-state index in [0.717, 1.165) is 12.1 Å². The zero-order valence-corrected chi connectivity index (χ0v) is 24.5. The van der Waals surface area contributed by atoms with E-state index in [1.807, 2.05) is 11.8 Å². The average molecular weight is 628 g/mol. The van der Waals surface area contributed by atoms with Gasteiger partial charge in [0, 0.05) is 49.1 Å². The van der Waals surface area contributed by atoms with Gasteiger partial charge in [0.25, 0.3) is 5.91 Å². The van der Waals surface area contributed by atoms with Gasteiger partial charge in [0.2, 0.25) is 5.88 Å². The molecule has 2 aromatic heterocycles. The van der Waals surface area contributed by atoms with E-state index in [1.54, 1.807) is 6.92 Å². The molecular weight excluding hydrogens is 598 g/mol. The molecule has 3 aromatic rings. The Morgan fingerprint density at radius 3 is 2.71 bits per heavy atom. The number of anilines is 2. The summed E-state index contributed by atoms with van der Waals surface area (Å²) in [5.74, 6) is -3.61. The molecular formula is C30H29F4N7O4. The normalized spacial score (nSPS) is 28.2. The molecule has 0 radical (unpaired) electrons. The Bertz CT molecular complexity index is 1810. The van der Waals surface area contributed by atoms with E-state index in [0.29, 0.717) is 25.9 Å². The summed E-state index contributed by atoms with van der Waals surface area (Å²) in [6, 6.07) is 3.72. The van der Waals surface area contributed by atoms with Crippen molar-refractivity contribution in [2.45, 2.75) is 69.6 Å². The van der Waals surface area contributed by atoms with E-state index < -0.39 is 58.4 Å². The number of aryl methyl sites for hydroxylation is 1. The molecule has 3 saturated heterocycles. The molecule has 1 aromatic carbocycles. The number of piperazine rings is 1. The number of hydrogen-bond donors (Lipinski definition) is 3. The predicted octanol–water partition coefficient (Wildman–Crippen LogP) is 3.57. The predicted molar refractivity (Wildman–Crippen MR) is 153 cm³/mol. The summed E-state index contributed by atoms with van der Waals surface area (Å²) >= 11 is 0. The molecule has 6 heterocycles. The number of alkyl halides is 2. The van der Waals surface area contributed by atoms with E-state index in [2.05, 4.69) is 26.4 Å². The fourth-order valence-corrected chi connectivity index (χ4v) is 7.06. The number of amides is 1. The number of nitrogens with two attached hydrogens (primary N) is 1. The Labute approximate surface area is 254 Å². The molecule has 4 N–H and O–H groups in total. The largest absolute Gasteiger partial charge is 0.472 e. The van der Waals surface area contributed by atoms with Crippen LogP contribution in [0.1, 0.15) is 42.7 Å². The Kier molecular flexibility index (Phi) is 6.54. The Morgan fingerprint density at radius 2 is 2.02 bits per heavy atom. The number of nitriles is 1.